The molecule has 1 amide bonds. The number of anilines is 2. The normalized spacial score (nSPS) is 15.2. The maximum absolute atomic E-state index is 14.3. The predicted octanol–water partition coefficient (Wildman–Crippen LogP) is 6.29. The third-order valence-electron chi connectivity index (χ3n) is 6.69. The van der Waals surface area contributed by atoms with E-state index in [-0.39, 0.29) is 11.1 Å². The molecule has 2 aliphatic rings. The van der Waals surface area contributed by atoms with E-state index in [4.69, 9.17) is 31.6 Å². The highest BCUT2D eigenvalue weighted by Gasteiger charge is 2.30. The maximum atomic E-state index is 14.3. The van der Waals surface area contributed by atoms with Gasteiger partial charge in [0, 0.05) is 56.3 Å². The van der Waals surface area contributed by atoms with E-state index >= 15 is 0 Å². The SMILES string of the molecule is CC#N.CSc1nc2c(c(N3CCN(C(=O)OC(C)(C)C)CC3)n1)CCN(c1cccc3ccc(F)c(Cl)c13)C2. The van der Waals surface area contributed by atoms with Crippen molar-refractivity contribution in [1.82, 2.24) is 14.9 Å². The van der Waals surface area contributed by atoms with Crippen molar-refractivity contribution >= 4 is 51.7 Å². The van der Waals surface area contributed by atoms with Gasteiger partial charge in [0.25, 0.3) is 0 Å². The maximum Gasteiger partial charge on any atom is 0.410 e. The van der Waals surface area contributed by atoms with E-state index in [0.717, 1.165) is 46.5 Å². The fraction of sp³-hybridized carbons (Fsp3) is 0.448. The first-order valence-corrected chi connectivity index (χ1v) is 14.8. The molecule has 3 aromatic rings. The Hall–Kier alpha value is -3.29. The van der Waals surface area contributed by atoms with Crippen molar-refractivity contribution in [2.24, 2.45) is 0 Å². The first-order chi connectivity index (χ1) is 19.1. The van der Waals surface area contributed by atoms with Gasteiger partial charge in [0.15, 0.2) is 5.16 Å². The van der Waals surface area contributed by atoms with E-state index in [1.165, 1.54) is 24.8 Å². The van der Waals surface area contributed by atoms with Crippen LogP contribution in [0.15, 0.2) is 35.5 Å². The average molecular weight is 585 g/mol. The zero-order valence-electron chi connectivity index (χ0n) is 23.5. The number of hydrogen-bond donors (Lipinski definition) is 0. The Morgan fingerprint density at radius 3 is 2.45 bits per heavy atom. The molecule has 0 bridgehead atoms. The van der Waals surface area contributed by atoms with Gasteiger partial charge in [-0.05, 0) is 51.0 Å². The Labute approximate surface area is 244 Å². The molecule has 1 fully saturated rings. The number of amides is 1. The number of rotatable bonds is 3. The van der Waals surface area contributed by atoms with Crippen LogP contribution in [0.25, 0.3) is 10.8 Å². The second kappa shape index (κ2) is 12.5. The van der Waals surface area contributed by atoms with Crippen LogP contribution >= 0.6 is 23.4 Å². The molecule has 212 valence electrons. The number of hydrogen-bond acceptors (Lipinski definition) is 8. The smallest absolute Gasteiger partial charge is 0.410 e. The lowest BCUT2D eigenvalue weighted by molar-refractivity contribution is 0.0240. The quantitative estimate of drug-likeness (QED) is 0.262. The molecule has 1 saturated heterocycles. The minimum atomic E-state index is -0.515. The van der Waals surface area contributed by atoms with Crippen molar-refractivity contribution in [3.63, 3.8) is 0 Å². The molecule has 0 spiro atoms. The minimum Gasteiger partial charge on any atom is -0.444 e. The molecule has 0 unspecified atom stereocenters. The summed E-state index contributed by atoms with van der Waals surface area (Å²) >= 11 is 7.93. The summed E-state index contributed by atoms with van der Waals surface area (Å²) in [6.07, 6.45) is 2.46. The number of aromatic nitrogens is 2. The van der Waals surface area contributed by atoms with Gasteiger partial charge in [0.2, 0.25) is 0 Å². The van der Waals surface area contributed by atoms with Gasteiger partial charge >= 0.3 is 6.09 Å². The lowest BCUT2D eigenvalue weighted by Crippen LogP contribution is -2.50. The number of benzene rings is 2. The van der Waals surface area contributed by atoms with Crippen LogP contribution in [0.4, 0.5) is 20.7 Å². The molecule has 2 aromatic carbocycles. The highest BCUT2D eigenvalue weighted by molar-refractivity contribution is 7.98. The molecule has 2 aliphatic heterocycles. The van der Waals surface area contributed by atoms with Gasteiger partial charge in [-0.2, -0.15) is 5.26 Å². The van der Waals surface area contributed by atoms with Gasteiger partial charge in [-0.3, -0.25) is 0 Å². The van der Waals surface area contributed by atoms with Gasteiger partial charge in [-0.25, -0.2) is 19.2 Å². The van der Waals surface area contributed by atoms with Crippen molar-refractivity contribution in [3.05, 3.63) is 52.4 Å². The second-order valence-corrected chi connectivity index (χ2v) is 11.7. The van der Waals surface area contributed by atoms with Crippen LogP contribution in [0.2, 0.25) is 5.02 Å². The highest BCUT2D eigenvalue weighted by Crippen LogP contribution is 2.38. The van der Waals surface area contributed by atoms with Gasteiger partial charge in [0.1, 0.15) is 17.2 Å². The summed E-state index contributed by atoms with van der Waals surface area (Å²) in [6, 6.07) is 10.8. The van der Waals surface area contributed by atoms with E-state index in [0.29, 0.717) is 37.9 Å². The van der Waals surface area contributed by atoms with Gasteiger partial charge in [0.05, 0.1) is 23.3 Å². The number of piperazine rings is 1. The molecule has 1 aromatic heterocycles. The standard InChI is InChI=1S/C27H31ClFN5O2S.C2H3N/c1-27(2,3)36-26(35)33-14-12-32(13-15-33)24-18-10-11-34(16-20(18)30-25(31-24)37-4)21-7-5-6-17-8-9-19(29)23(28)22(17)21;1-2-3/h5-9H,10-16H2,1-4H3;1H3. The van der Waals surface area contributed by atoms with Gasteiger partial charge < -0.3 is 19.4 Å². The van der Waals surface area contributed by atoms with Gasteiger partial charge in [-0.1, -0.05) is 41.6 Å². The number of nitriles is 1. The van der Waals surface area contributed by atoms with Crippen molar-refractivity contribution < 1.29 is 13.9 Å². The first-order valence-electron chi connectivity index (χ1n) is 13.2. The van der Waals surface area contributed by atoms with Crippen LogP contribution < -0.4 is 9.80 Å². The number of nitrogens with zero attached hydrogens (tertiary/aromatic N) is 6. The van der Waals surface area contributed by atoms with E-state index in [1.54, 1.807) is 17.0 Å². The Morgan fingerprint density at radius 1 is 1.10 bits per heavy atom. The number of fused-ring (bicyclic) bond motifs is 2. The fourth-order valence-electron chi connectivity index (χ4n) is 4.93. The van der Waals surface area contributed by atoms with Crippen LogP contribution in [0.1, 0.15) is 39.0 Å². The zero-order chi connectivity index (χ0) is 29.0. The average Bonchev–Trinajstić information content (AvgIpc) is 2.93. The zero-order valence-corrected chi connectivity index (χ0v) is 25.1. The molecule has 0 N–H and O–H groups in total. The van der Waals surface area contributed by atoms with E-state index < -0.39 is 11.4 Å². The van der Waals surface area contributed by atoms with E-state index in [2.05, 4.69) is 9.80 Å². The summed E-state index contributed by atoms with van der Waals surface area (Å²) in [5.74, 6) is 0.527. The molecular weight excluding hydrogens is 551 g/mol. The van der Waals surface area contributed by atoms with Crippen LogP contribution in [0, 0.1) is 17.1 Å². The Kier molecular flexibility index (Phi) is 9.26. The predicted molar refractivity (Wildman–Crippen MR) is 159 cm³/mol. The van der Waals surface area contributed by atoms with Crippen LogP contribution in [0.3, 0.4) is 0 Å². The van der Waals surface area contributed by atoms with E-state index in [9.17, 15) is 9.18 Å². The van der Waals surface area contributed by atoms with Crippen molar-refractivity contribution in [2.75, 3.05) is 48.8 Å². The Bertz CT molecular complexity index is 1430. The summed E-state index contributed by atoms with van der Waals surface area (Å²) < 4.78 is 19.9. The number of thioether (sulfide) groups is 1. The molecule has 0 radical (unpaired) electrons. The summed E-state index contributed by atoms with van der Waals surface area (Å²) in [5.41, 5.74) is 2.50. The molecule has 3 heterocycles. The summed E-state index contributed by atoms with van der Waals surface area (Å²) in [4.78, 5) is 28.5. The highest BCUT2D eigenvalue weighted by atomic mass is 35.5. The number of ether oxygens (including phenoxy) is 1. The third kappa shape index (κ3) is 6.53. The first kappa shape index (κ1) is 29.7. The second-order valence-electron chi connectivity index (χ2n) is 10.5. The summed E-state index contributed by atoms with van der Waals surface area (Å²) in [7, 11) is 0. The Balaban J connectivity index is 0.00000118. The van der Waals surface area contributed by atoms with Crippen LogP contribution in [-0.2, 0) is 17.7 Å². The fourth-order valence-corrected chi connectivity index (χ4v) is 5.58. The molecule has 5 rings (SSSR count). The number of carbonyl (C=O) groups excluding carboxylic acids is 1. The van der Waals surface area contributed by atoms with Crippen molar-refractivity contribution in [3.8, 4) is 6.07 Å². The van der Waals surface area contributed by atoms with Gasteiger partial charge in [-0.15, -0.1) is 0 Å². The molecule has 40 heavy (non-hydrogen) atoms. The van der Waals surface area contributed by atoms with Crippen LogP contribution in [-0.4, -0.2) is 65.5 Å². The molecule has 0 atom stereocenters. The Morgan fingerprint density at radius 2 is 1.80 bits per heavy atom. The topological polar surface area (TPSA) is 85.6 Å². The summed E-state index contributed by atoms with van der Waals surface area (Å²) in [6.45, 7) is 10.9. The minimum absolute atomic E-state index is 0.148. The number of halogens is 2. The molecular formula is C29H34ClFN6O2S. The monoisotopic (exact) mass is 584 g/mol. The molecule has 0 saturated carbocycles. The van der Waals surface area contributed by atoms with E-state index in [1.807, 2.05) is 45.2 Å². The molecule has 11 heteroatoms. The third-order valence-corrected chi connectivity index (χ3v) is 7.61. The summed E-state index contributed by atoms with van der Waals surface area (Å²) in [5, 5.41) is 9.82. The lowest BCUT2D eigenvalue weighted by Gasteiger charge is -2.38. The van der Waals surface area contributed by atoms with Crippen molar-refractivity contribution in [2.45, 2.75) is 51.4 Å². The molecule has 0 aliphatic carbocycles. The number of carbonyl (C=O) groups is 1. The lowest BCUT2D eigenvalue weighted by atomic mass is 10.0. The van der Waals surface area contributed by atoms with Crippen LogP contribution in [0.5, 0.6) is 0 Å². The molecule has 8 nitrogen and oxygen atoms in total. The largest absolute Gasteiger partial charge is 0.444 e. The van der Waals surface area contributed by atoms with Crippen molar-refractivity contribution in [1.29, 1.82) is 5.26 Å².